The zero-order valence-electron chi connectivity index (χ0n) is 12.5. The van der Waals surface area contributed by atoms with Gasteiger partial charge in [-0.2, -0.15) is 5.10 Å². The predicted molar refractivity (Wildman–Crippen MR) is 78.6 cm³/mol. The maximum atomic E-state index is 5.24. The van der Waals surface area contributed by atoms with Crippen molar-refractivity contribution in [1.82, 2.24) is 20.5 Å². The molecule has 0 unspecified atom stereocenters. The zero-order valence-corrected chi connectivity index (χ0v) is 12.5. The number of nitrogens with zero attached hydrogens (tertiary/aromatic N) is 2. The lowest BCUT2D eigenvalue weighted by Gasteiger charge is -2.18. The molecule has 2 aromatic heterocycles. The van der Waals surface area contributed by atoms with Crippen LogP contribution in [0.5, 0.6) is 5.88 Å². The SMILES string of the molecule is COc1ncccc1CNCc1cn[nH]c1C(C)(C)C. The quantitative estimate of drug-likeness (QED) is 0.879. The van der Waals surface area contributed by atoms with Crippen LogP contribution in [0.25, 0.3) is 0 Å². The Morgan fingerprint density at radius 1 is 1.25 bits per heavy atom. The number of pyridine rings is 1. The molecule has 0 amide bonds. The van der Waals surface area contributed by atoms with E-state index in [1.807, 2.05) is 18.3 Å². The van der Waals surface area contributed by atoms with Crippen molar-refractivity contribution < 1.29 is 4.74 Å². The van der Waals surface area contributed by atoms with E-state index in [1.165, 1.54) is 11.3 Å². The molecular formula is C15H22N4O. The molecule has 0 aliphatic rings. The molecule has 108 valence electrons. The molecule has 5 heteroatoms. The third-order valence-corrected chi connectivity index (χ3v) is 3.14. The molecule has 0 aliphatic carbocycles. The summed E-state index contributed by atoms with van der Waals surface area (Å²) in [6.45, 7) is 8.00. The van der Waals surface area contributed by atoms with Gasteiger partial charge in [-0.3, -0.25) is 5.10 Å². The van der Waals surface area contributed by atoms with Gasteiger partial charge in [0.15, 0.2) is 0 Å². The van der Waals surface area contributed by atoms with Crippen LogP contribution in [0.15, 0.2) is 24.5 Å². The van der Waals surface area contributed by atoms with Crippen molar-refractivity contribution in [2.24, 2.45) is 0 Å². The first-order valence-corrected chi connectivity index (χ1v) is 6.73. The molecular weight excluding hydrogens is 252 g/mol. The smallest absolute Gasteiger partial charge is 0.217 e. The lowest BCUT2D eigenvalue weighted by atomic mass is 9.89. The van der Waals surface area contributed by atoms with Crippen LogP contribution in [0.3, 0.4) is 0 Å². The topological polar surface area (TPSA) is 62.8 Å². The molecule has 0 atom stereocenters. The van der Waals surface area contributed by atoms with Crippen LogP contribution < -0.4 is 10.1 Å². The Kier molecular flexibility index (Phi) is 4.39. The number of methoxy groups -OCH3 is 1. The third kappa shape index (κ3) is 3.36. The Bertz CT molecular complexity index is 557. The molecule has 20 heavy (non-hydrogen) atoms. The number of hydrogen-bond acceptors (Lipinski definition) is 4. The molecule has 0 saturated heterocycles. The summed E-state index contributed by atoms with van der Waals surface area (Å²) in [6, 6.07) is 3.93. The standard InChI is InChI=1S/C15H22N4O/c1-15(2,3)13-12(10-18-19-13)9-16-8-11-6-5-7-17-14(11)20-4/h5-7,10,16H,8-9H2,1-4H3,(H,18,19). The van der Waals surface area contributed by atoms with Crippen molar-refractivity contribution in [2.75, 3.05) is 7.11 Å². The van der Waals surface area contributed by atoms with E-state index in [4.69, 9.17) is 4.74 Å². The minimum absolute atomic E-state index is 0.0690. The first kappa shape index (κ1) is 14.5. The first-order valence-electron chi connectivity index (χ1n) is 6.73. The average Bonchev–Trinajstić information content (AvgIpc) is 2.88. The zero-order chi connectivity index (χ0) is 14.6. The molecule has 0 saturated carbocycles. The van der Waals surface area contributed by atoms with E-state index in [-0.39, 0.29) is 5.41 Å². The van der Waals surface area contributed by atoms with Crippen LogP contribution in [-0.2, 0) is 18.5 Å². The van der Waals surface area contributed by atoms with E-state index < -0.39 is 0 Å². The number of aromatic amines is 1. The van der Waals surface area contributed by atoms with Crippen molar-refractivity contribution in [3.63, 3.8) is 0 Å². The normalized spacial score (nSPS) is 11.6. The van der Waals surface area contributed by atoms with E-state index in [0.29, 0.717) is 12.4 Å². The predicted octanol–water partition coefficient (Wildman–Crippen LogP) is 2.40. The summed E-state index contributed by atoms with van der Waals surface area (Å²) in [7, 11) is 1.64. The second-order valence-corrected chi connectivity index (χ2v) is 5.80. The number of ether oxygens (including phenoxy) is 1. The minimum Gasteiger partial charge on any atom is -0.481 e. The fraction of sp³-hybridized carbons (Fsp3) is 0.467. The molecule has 0 bridgehead atoms. The summed E-state index contributed by atoms with van der Waals surface area (Å²) in [4.78, 5) is 4.19. The second-order valence-electron chi connectivity index (χ2n) is 5.80. The van der Waals surface area contributed by atoms with Crippen LogP contribution >= 0.6 is 0 Å². The van der Waals surface area contributed by atoms with Gasteiger partial charge in [-0.1, -0.05) is 26.8 Å². The van der Waals surface area contributed by atoms with Crippen LogP contribution in [-0.4, -0.2) is 22.3 Å². The highest BCUT2D eigenvalue weighted by Gasteiger charge is 2.19. The number of hydrogen-bond donors (Lipinski definition) is 2. The Hall–Kier alpha value is -1.88. The number of aromatic nitrogens is 3. The van der Waals surface area contributed by atoms with E-state index in [0.717, 1.165) is 12.1 Å². The van der Waals surface area contributed by atoms with Crippen molar-refractivity contribution in [3.8, 4) is 5.88 Å². The summed E-state index contributed by atoms with van der Waals surface area (Å²) >= 11 is 0. The molecule has 2 heterocycles. The largest absolute Gasteiger partial charge is 0.481 e. The highest BCUT2D eigenvalue weighted by atomic mass is 16.5. The highest BCUT2D eigenvalue weighted by Crippen LogP contribution is 2.23. The number of rotatable bonds is 5. The van der Waals surface area contributed by atoms with Crippen molar-refractivity contribution in [1.29, 1.82) is 0 Å². The summed E-state index contributed by atoms with van der Waals surface area (Å²) in [5, 5.41) is 10.6. The first-order chi connectivity index (χ1) is 9.52. The molecule has 0 aromatic carbocycles. The molecule has 5 nitrogen and oxygen atoms in total. The Labute approximate surface area is 119 Å². The van der Waals surface area contributed by atoms with Crippen molar-refractivity contribution in [2.45, 2.75) is 39.3 Å². The van der Waals surface area contributed by atoms with E-state index in [9.17, 15) is 0 Å². The summed E-state index contributed by atoms with van der Waals surface area (Å²) in [5.74, 6) is 0.670. The molecule has 0 spiro atoms. The molecule has 0 radical (unpaired) electrons. The third-order valence-electron chi connectivity index (χ3n) is 3.14. The van der Waals surface area contributed by atoms with Crippen LogP contribution in [0.4, 0.5) is 0 Å². The lowest BCUT2D eigenvalue weighted by molar-refractivity contribution is 0.390. The van der Waals surface area contributed by atoms with E-state index in [2.05, 4.69) is 41.3 Å². The van der Waals surface area contributed by atoms with Gasteiger partial charge < -0.3 is 10.1 Å². The van der Waals surface area contributed by atoms with E-state index in [1.54, 1.807) is 13.3 Å². The van der Waals surface area contributed by atoms with Gasteiger partial charge in [-0.15, -0.1) is 0 Å². The highest BCUT2D eigenvalue weighted by molar-refractivity contribution is 5.26. The Balaban J connectivity index is 1.99. The number of H-pyrrole nitrogens is 1. The number of nitrogens with one attached hydrogen (secondary N) is 2. The summed E-state index contributed by atoms with van der Waals surface area (Å²) < 4.78 is 5.24. The maximum absolute atomic E-state index is 5.24. The minimum atomic E-state index is 0.0690. The van der Waals surface area contributed by atoms with Gasteiger partial charge in [0.1, 0.15) is 0 Å². The summed E-state index contributed by atoms with van der Waals surface area (Å²) in [5.41, 5.74) is 3.48. The maximum Gasteiger partial charge on any atom is 0.217 e. The molecule has 2 N–H and O–H groups in total. The average molecular weight is 274 g/mol. The summed E-state index contributed by atoms with van der Waals surface area (Å²) in [6.07, 6.45) is 3.62. The van der Waals surface area contributed by atoms with E-state index >= 15 is 0 Å². The fourth-order valence-corrected chi connectivity index (χ4v) is 2.17. The van der Waals surface area contributed by atoms with Crippen molar-refractivity contribution >= 4 is 0 Å². The molecule has 0 aliphatic heterocycles. The van der Waals surface area contributed by atoms with Gasteiger partial charge in [0.25, 0.3) is 0 Å². The van der Waals surface area contributed by atoms with Gasteiger partial charge in [-0.25, -0.2) is 4.98 Å². The Morgan fingerprint density at radius 2 is 2.00 bits per heavy atom. The van der Waals surface area contributed by atoms with Gasteiger partial charge in [0.2, 0.25) is 5.88 Å². The van der Waals surface area contributed by atoms with Gasteiger partial charge in [-0.05, 0) is 6.07 Å². The Morgan fingerprint density at radius 3 is 2.70 bits per heavy atom. The van der Waals surface area contributed by atoms with Crippen LogP contribution in [0, 0.1) is 0 Å². The fourth-order valence-electron chi connectivity index (χ4n) is 2.17. The second kappa shape index (κ2) is 6.05. The van der Waals surface area contributed by atoms with Gasteiger partial charge in [0.05, 0.1) is 13.3 Å². The monoisotopic (exact) mass is 274 g/mol. The molecule has 2 aromatic rings. The molecule has 0 fully saturated rings. The van der Waals surface area contributed by atoms with Crippen molar-refractivity contribution in [3.05, 3.63) is 41.3 Å². The molecule has 2 rings (SSSR count). The lowest BCUT2D eigenvalue weighted by Crippen LogP contribution is -2.19. The van der Waals surface area contributed by atoms with Gasteiger partial charge in [0, 0.05) is 41.5 Å². The van der Waals surface area contributed by atoms with Gasteiger partial charge >= 0.3 is 0 Å². The van der Waals surface area contributed by atoms with Crippen LogP contribution in [0.2, 0.25) is 0 Å². The van der Waals surface area contributed by atoms with Crippen LogP contribution in [0.1, 0.15) is 37.6 Å².